The van der Waals surface area contributed by atoms with E-state index in [9.17, 15) is 80.1 Å². The molecule has 1 saturated carbocycles. The van der Waals surface area contributed by atoms with Gasteiger partial charge in [0, 0.05) is 118 Å². The first-order chi connectivity index (χ1) is 52.9. The minimum absolute atomic E-state index is 0.112. The van der Waals surface area contributed by atoms with Gasteiger partial charge in [-0.15, -0.1) is 0 Å². The van der Waals surface area contributed by atoms with Crippen molar-refractivity contribution in [3.05, 3.63) is 142 Å². The molecule has 15 amide bonds. The van der Waals surface area contributed by atoms with Gasteiger partial charge in [0.15, 0.2) is 5.82 Å². The van der Waals surface area contributed by atoms with Crippen LogP contribution in [-0.4, -0.2) is 213 Å². The fraction of sp³-hybridized carbons (Fsp3) is 0.370. The number of imide groups is 2. The Morgan fingerprint density at radius 2 is 1.43 bits per heavy atom. The molecule has 1 aliphatic carbocycles. The summed E-state index contributed by atoms with van der Waals surface area (Å²) in [7, 11) is -4.92. The first kappa shape index (κ1) is 81.0. The average molecular weight is 1570 g/mol. The SMILES string of the molecule is C[C@H](NC(=O)[C@H](C)NC(=O)[C@H](CS(=O)(=O)O)NC(=O)CCN1C(=O)C=CC1=O)C(=O)NC(CC(N)=O)C(=O)Nc1ccc(COC(=O)N(CCC#Cc2ccc3c(c2)CN(C2CCC(=O)NC2=O)C3=O)C2CCC(NC(=O)N3CCN(c4ccc(Nc5ncc(Cl)c(Nc6ccccc6C(N)=O)n5)cc4)CC3)CC2)cc1. The second kappa shape index (κ2) is 36.6. The van der Waals surface area contributed by atoms with E-state index in [1.165, 1.54) is 30.2 Å². The third kappa shape index (κ3) is 22.1. The number of amides is 15. The molecular formula is C73H81ClN18O18S. The van der Waals surface area contributed by atoms with Crippen molar-refractivity contribution in [1.82, 2.24) is 61.5 Å². The minimum Gasteiger partial charge on any atom is -0.445 e. The van der Waals surface area contributed by atoms with Crippen molar-refractivity contribution < 1.29 is 84.8 Å². The molecular weight excluding hydrogens is 1480 g/mol. The number of nitrogens with one attached hydrogen (secondary N) is 9. The summed E-state index contributed by atoms with van der Waals surface area (Å²) in [5.74, 6) is -3.97. The molecule has 0 spiro atoms. The minimum atomic E-state index is -4.92. The zero-order chi connectivity index (χ0) is 79.8. The van der Waals surface area contributed by atoms with Crippen LogP contribution in [0.4, 0.5) is 44.1 Å². The fourth-order valence-corrected chi connectivity index (χ4v) is 13.7. The first-order valence-electron chi connectivity index (χ1n) is 35.4. The van der Waals surface area contributed by atoms with Crippen LogP contribution in [0.2, 0.25) is 5.02 Å². The summed E-state index contributed by atoms with van der Waals surface area (Å²) in [4.78, 5) is 196. The number of piperidine rings is 1. The Hall–Kier alpha value is -12.6. The fourth-order valence-electron chi connectivity index (χ4n) is 12.9. The van der Waals surface area contributed by atoms with Crippen LogP contribution >= 0.6 is 11.6 Å². The zero-order valence-electron chi connectivity index (χ0n) is 60.1. The highest BCUT2D eigenvalue weighted by atomic mass is 35.5. The molecule has 2 unspecified atom stereocenters. The number of urea groups is 1. The Balaban J connectivity index is 0.710. The van der Waals surface area contributed by atoms with E-state index in [1.807, 2.05) is 24.3 Å². The molecule has 2 saturated heterocycles. The molecule has 111 heavy (non-hydrogen) atoms. The molecule has 14 N–H and O–H groups in total. The summed E-state index contributed by atoms with van der Waals surface area (Å²) in [6, 6.07) is 17.5. The van der Waals surface area contributed by atoms with E-state index < -0.39 is 137 Å². The monoisotopic (exact) mass is 1560 g/mol. The predicted molar refractivity (Wildman–Crippen MR) is 399 cm³/mol. The van der Waals surface area contributed by atoms with Crippen molar-refractivity contribution in [1.29, 1.82) is 0 Å². The van der Waals surface area contributed by atoms with Crippen LogP contribution in [0.3, 0.4) is 0 Å². The Morgan fingerprint density at radius 3 is 2.10 bits per heavy atom. The van der Waals surface area contributed by atoms with E-state index in [2.05, 4.69) is 74.6 Å². The molecule has 5 aliphatic rings. The number of fused-ring (bicyclic) bond motifs is 1. The molecule has 3 fully saturated rings. The predicted octanol–water partition coefficient (Wildman–Crippen LogP) is 1.70. The summed E-state index contributed by atoms with van der Waals surface area (Å²) in [6.07, 6.45) is 4.10. The van der Waals surface area contributed by atoms with Crippen molar-refractivity contribution >= 4 is 139 Å². The number of nitrogens with zero attached hydrogens (tertiary/aromatic N) is 7. The maximum atomic E-state index is 14.3. The van der Waals surface area contributed by atoms with Gasteiger partial charge in [-0.2, -0.15) is 13.4 Å². The molecule has 5 heterocycles. The summed E-state index contributed by atoms with van der Waals surface area (Å²) < 4.78 is 39.0. The number of ether oxygens (including phenoxy) is 1. The number of carbonyl (C=O) groups is 14. The van der Waals surface area contributed by atoms with Crippen LogP contribution in [0.1, 0.15) is 109 Å². The molecule has 10 rings (SSSR count). The van der Waals surface area contributed by atoms with E-state index in [4.69, 9.17) is 27.8 Å². The van der Waals surface area contributed by atoms with Crippen molar-refractivity contribution in [2.24, 2.45) is 11.5 Å². The molecule has 0 radical (unpaired) electrons. The number of anilines is 6. The highest BCUT2D eigenvalue weighted by molar-refractivity contribution is 7.85. The third-order valence-electron chi connectivity index (χ3n) is 18.8. The van der Waals surface area contributed by atoms with Gasteiger partial charge in [0.1, 0.15) is 47.6 Å². The number of carbonyl (C=O) groups excluding carboxylic acids is 14. The Kier molecular flexibility index (Phi) is 26.7. The van der Waals surface area contributed by atoms with Gasteiger partial charge < -0.3 is 78.3 Å². The van der Waals surface area contributed by atoms with Gasteiger partial charge in [0.2, 0.25) is 53.2 Å². The number of piperazine rings is 1. The van der Waals surface area contributed by atoms with Gasteiger partial charge in [0.25, 0.3) is 33.7 Å². The number of halogens is 1. The molecule has 0 bridgehead atoms. The molecule has 4 aromatic carbocycles. The molecule has 584 valence electrons. The van der Waals surface area contributed by atoms with Gasteiger partial charge in [-0.25, -0.2) is 14.6 Å². The lowest BCUT2D eigenvalue weighted by Crippen LogP contribution is -2.57. The average Bonchev–Trinajstić information content (AvgIpc) is 1.63. The Morgan fingerprint density at radius 1 is 0.766 bits per heavy atom. The second-order valence-corrected chi connectivity index (χ2v) is 28.7. The molecule has 1 aromatic heterocycles. The van der Waals surface area contributed by atoms with E-state index in [0.29, 0.717) is 85.5 Å². The summed E-state index contributed by atoms with van der Waals surface area (Å²) >= 11 is 6.40. The van der Waals surface area contributed by atoms with Gasteiger partial charge in [-0.1, -0.05) is 47.7 Å². The lowest BCUT2D eigenvalue weighted by molar-refractivity contribution is -0.139. The first-order valence-corrected chi connectivity index (χ1v) is 37.3. The van der Waals surface area contributed by atoms with E-state index in [1.54, 1.807) is 64.4 Å². The normalized spacial score (nSPS) is 17.8. The van der Waals surface area contributed by atoms with Gasteiger partial charge in [-0.05, 0) is 124 Å². The van der Waals surface area contributed by atoms with Crippen molar-refractivity contribution in [2.75, 3.05) is 65.9 Å². The number of hydrogen-bond donors (Lipinski definition) is 12. The van der Waals surface area contributed by atoms with Crippen molar-refractivity contribution in [3.8, 4) is 11.8 Å². The summed E-state index contributed by atoms with van der Waals surface area (Å²) in [5.41, 5.74) is 15.7. The topological polar surface area (TPSA) is 505 Å². The Labute approximate surface area is 641 Å². The second-order valence-electron chi connectivity index (χ2n) is 26.8. The van der Waals surface area contributed by atoms with Crippen LogP contribution in [0, 0.1) is 11.8 Å². The number of rotatable bonds is 29. The molecule has 38 heteroatoms. The largest absolute Gasteiger partial charge is 0.445 e. The number of aromatic nitrogens is 2. The summed E-state index contributed by atoms with van der Waals surface area (Å²) in [5, 5.41) is 23.4. The van der Waals surface area contributed by atoms with E-state index in [0.717, 1.165) is 29.7 Å². The van der Waals surface area contributed by atoms with Crippen LogP contribution in [0.5, 0.6) is 0 Å². The van der Waals surface area contributed by atoms with Crippen LogP contribution in [0.25, 0.3) is 0 Å². The van der Waals surface area contributed by atoms with Gasteiger partial charge in [0.05, 0.1) is 23.9 Å². The quantitative estimate of drug-likeness (QED) is 0.0184. The molecule has 5 atom stereocenters. The third-order valence-corrected chi connectivity index (χ3v) is 19.8. The van der Waals surface area contributed by atoms with E-state index >= 15 is 0 Å². The maximum absolute atomic E-state index is 14.3. The smallest absolute Gasteiger partial charge is 0.410 e. The number of primary amides is 2. The summed E-state index contributed by atoms with van der Waals surface area (Å²) in [6.45, 7) is 4.04. The number of benzene rings is 4. The number of para-hydroxylation sites is 1. The maximum Gasteiger partial charge on any atom is 0.410 e. The van der Waals surface area contributed by atoms with Crippen LogP contribution in [0.15, 0.2) is 109 Å². The molecule has 4 aliphatic heterocycles. The van der Waals surface area contributed by atoms with Crippen molar-refractivity contribution in [2.45, 2.75) is 127 Å². The molecule has 5 aromatic rings. The van der Waals surface area contributed by atoms with Crippen LogP contribution < -0.4 is 64.2 Å². The van der Waals surface area contributed by atoms with E-state index in [-0.39, 0.29) is 91.0 Å². The van der Waals surface area contributed by atoms with Gasteiger partial charge in [-0.3, -0.25) is 72.3 Å². The lowest BCUT2D eigenvalue weighted by Gasteiger charge is -2.39. The van der Waals surface area contributed by atoms with Crippen LogP contribution in [-0.2, 0) is 76.0 Å². The van der Waals surface area contributed by atoms with Gasteiger partial charge >= 0.3 is 12.1 Å². The Bertz CT molecular complexity index is 4680. The lowest BCUT2D eigenvalue weighted by atomic mass is 9.90. The highest BCUT2D eigenvalue weighted by Crippen LogP contribution is 2.31. The van der Waals surface area contributed by atoms with Crippen molar-refractivity contribution in [3.63, 3.8) is 0 Å². The number of hydrogen-bond acceptors (Lipinski definition) is 22. The zero-order valence-corrected chi connectivity index (χ0v) is 61.7. The molecule has 36 nitrogen and oxygen atoms in total. The standard InChI is InChI=1S/C73H81ClN18O18S/c1-41(79-68(102)56(40-111(107,108)109)83-60(95)28-30-91-61(96)26-27-62(91)97)65(99)78-42(2)66(100)85-55(36-58(75)93)67(101)80-46-13-10-44(11-14-46)39-110-73(106)90(29-6-5-7-43-12-23-51-45(35-43)38-92(70(51)104)57-24-25-59(94)86-69(57)103)50-21-17-48(18-22-50)82-72(105)89-33-31-88(32-34-89)49-19-15-47(16-20-49)81-71-77-37-53(74)64(87-71)84-54-9-4-3-8-52(54)63(76)98/h3-4,8-16,19-20,23,26-27,35,37,41-42,48,50,55-57H,6,17-18,21-22,24-25,28-34,36,38-40H2,1-2H3,(H2,75,93)(H2,76,98)(H,78,99)(H,79,102)(H,80,101)(H,82,105)(H,83,95)(H,85,100)(H,86,94,103)(H,107,108,109)(H2,77,81,84,87)/t41-,42-,48?,50?,55?,56-,57?/m0/s1. The highest BCUT2D eigenvalue weighted by Gasteiger charge is 2.40. The number of nitrogens with two attached hydrogens (primary N) is 2.